The molecule has 2 amide bonds. The number of amides is 2. The molecule has 0 aliphatic carbocycles. The normalized spacial score (nSPS) is 11.2. The van der Waals surface area contributed by atoms with Crippen molar-refractivity contribution in [1.29, 1.82) is 10.7 Å². The summed E-state index contributed by atoms with van der Waals surface area (Å²) in [5.41, 5.74) is 12.1. The number of benzene rings is 2. The predicted octanol–water partition coefficient (Wildman–Crippen LogP) is 3.67. The average molecular weight is 630 g/mol. The number of amidine groups is 1. The molecule has 0 radical (unpaired) electrons. The summed E-state index contributed by atoms with van der Waals surface area (Å²) in [4.78, 5) is 38.7. The van der Waals surface area contributed by atoms with Gasteiger partial charge in [-0.05, 0) is 68.8 Å². The molecule has 3 rings (SSSR count). The number of hydrazine groups is 1. The van der Waals surface area contributed by atoms with Gasteiger partial charge in [0.1, 0.15) is 17.9 Å². The maximum absolute atomic E-state index is 13.4. The summed E-state index contributed by atoms with van der Waals surface area (Å²) in [6, 6.07) is 14.1. The monoisotopic (exact) mass is 629 g/mol. The van der Waals surface area contributed by atoms with Gasteiger partial charge in [0.05, 0.1) is 23.8 Å². The van der Waals surface area contributed by atoms with Crippen molar-refractivity contribution in [3.05, 3.63) is 83.2 Å². The van der Waals surface area contributed by atoms with Gasteiger partial charge in [-0.3, -0.25) is 30.8 Å². The number of nitrogens with one attached hydrogen (secondary N) is 4. The third kappa shape index (κ3) is 10.7. The standard InChI is InChI=1S/C27H29N7O4.C2HF3O2/c1-4-37-23-13-18(7-10-22(23)38-16(2)3)24(32-20-8-5-17(6-9-20)25(29)30)27(36)34-33-26(35)21-11-12-31-15-19(21)14-28;3-2(4,5)1(6)7/h5-13,15-16,24,32H,4H2,1-3H3,(H3,29,30)(H,33,35)(H,34,36);(H,6,7). The van der Waals surface area contributed by atoms with Crippen molar-refractivity contribution in [1.82, 2.24) is 15.8 Å². The van der Waals surface area contributed by atoms with Crippen LogP contribution < -0.4 is 31.4 Å². The van der Waals surface area contributed by atoms with Gasteiger partial charge >= 0.3 is 12.1 Å². The van der Waals surface area contributed by atoms with Crippen LogP contribution in [0.5, 0.6) is 11.5 Å². The lowest BCUT2D eigenvalue weighted by atomic mass is 10.0. The number of nitrogens with two attached hydrogens (primary N) is 1. The molecule has 0 saturated carbocycles. The molecule has 1 heterocycles. The highest BCUT2D eigenvalue weighted by Crippen LogP contribution is 2.33. The number of hydrogen-bond donors (Lipinski definition) is 6. The summed E-state index contributed by atoms with van der Waals surface area (Å²) in [5, 5.41) is 27.1. The zero-order chi connectivity index (χ0) is 33.7. The highest BCUT2D eigenvalue weighted by atomic mass is 19.4. The molecule has 13 nitrogen and oxygen atoms in total. The van der Waals surface area contributed by atoms with Crippen LogP contribution in [-0.2, 0) is 9.59 Å². The molecular weight excluding hydrogens is 599 g/mol. The van der Waals surface area contributed by atoms with Crippen LogP contribution in [0.15, 0.2) is 60.9 Å². The molecule has 45 heavy (non-hydrogen) atoms. The quantitative estimate of drug-likeness (QED) is 0.109. The first-order chi connectivity index (χ1) is 21.2. The summed E-state index contributed by atoms with van der Waals surface area (Å²) >= 11 is 0. The Bertz CT molecular complexity index is 1560. The number of hydrogen-bond acceptors (Lipinski definition) is 9. The lowest BCUT2D eigenvalue weighted by molar-refractivity contribution is -0.192. The molecule has 3 aromatic rings. The van der Waals surface area contributed by atoms with Crippen molar-refractivity contribution < 1.29 is 42.1 Å². The molecule has 1 atom stereocenters. The Hall–Kier alpha value is -5.85. The summed E-state index contributed by atoms with van der Waals surface area (Å²) in [5.74, 6) is -3.09. The number of nitrogen functional groups attached to an aromatic ring is 1. The van der Waals surface area contributed by atoms with E-state index in [4.69, 9.17) is 30.5 Å². The number of nitriles is 1. The van der Waals surface area contributed by atoms with E-state index in [1.54, 1.807) is 42.5 Å². The van der Waals surface area contributed by atoms with Crippen LogP contribution in [0.1, 0.15) is 53.9 Å². The van der Waals surface area contributed by atoms with Crippen molar-refractivity contribution in [3.8, 4) is 17.6 Å². The van der Waals surface area contributed by atoms with Crippen LogP contribution in [0.25, 0.3) is 0 Å². The van der Waals surface area contributed by atoms with Crippen LogP contribution in [0.3, 0.4) is 0 Å². The van der Waals surface area contributed by atoms with Crippen LogP contribution in [0, 0.1) is 16.7 Å². The first-order valence-electron chi connectivity index (χ1n) is 13.1. The Balaban J connectivity index is 0.000000900. The topological polar surface area (TPSA) is 213 Å². The maximum atomic E-state index is 13.4. The minimum Gasteiger partial charge on any atom is -0.490 e. The van der Waals surface area contributed by atoms with Gasteiger partial charge in [-0.2, -0.15) is 18.4 Å². The van der Waals surface area contributed by atoms with Gasteiger partial charge in [0.25, 0.3) is 11.8 Å². The first kappa shape index (κ1) is 35.3. The Labute approximate surface area is 255 Å². The molecule has 0 spiro atoms. The van der Waals surface area contributed by atoms with Gasteiger partial charge in [0.2, 0.25) is 0 Å². The third-order valence-electron chi connectivity index (χ3n) is 5.46. The summed E-state index contributed by atoms with van der Waals surface area (Å²) < 4.78 is 43.3. The number of carboxylic acids is 1. The number of carboxylic acid groups (broad SMARTS) is 1. The van der Waals surface area contributed by atoms with E-state index in [1.807, 2.05) is 26.8 Å². The van der Waals surface area contributed by atoms with E-state index in [2.05, 4.69) is 21.2 Å². The van der Waals surface area contributed by atoms with Gasteiger partial charge in [0.15, 0.2) is 11.5 Å². The predicted molar refractivity (Wildman–Crippen MR) is 155 cm³/mol. The number of ether oxygens (including phenoxy) is 2. The number of aromatic nitrogens is 1. The maximum Gasteiger partial charge on any atom is 0.490 e. The van der Waals surface area contributed by atoms with Crippen molar-refractivity contribution in [2.45, 2.75) is 39.1 Å². The first-order valence-corrected chi connectivity index (χ1v) is 13.1. The third-order valence-corrected chi connectivity index (χ3v) is 5.46. The Morgan fingerprint density at radius 2 is 1.73 bits per heavy atom. The number of carbonyl (C=O) groups excluding carboxylic acids is 2. The van der Waals surface area contributed by atoms with Crippen LogP contribution >= 0.6 is 0 Å². The molecular formula is C29H30F3N7O6. The Morgan fingerprint density at radius 3 is 2.27 bits per heavy atom. The van der Waals surface area contributed by atoms with E-state index < -0.39 is 30.0 Å². The SMILES string of the molecule is CCOc1cc(C(Nc2ccc(C(=N)N)cc2)C(=O)NNC(=O)c2ccncc2C#N)ccc1OC(C)C.O=C(O)C(F)(F)F. The van der Waals surface area contributed by atoms with Crippen molar-refractivity contribution in [3.63, 3.8) is 0 Å². The lowest BCUT2D eigenvalue weighted by Gasteiger charge is -2.22. The molecule has 238 valence electrons. The molecule has 0 aliphatic rings. The zero-order valence-corrected chi connectivity index (χ0v) is 24.2. The van der Waals surface area contributed by atoms with E-state index in [-0.39, 0.29) is 23.1 Å². The smallest absolute Gasteiger partial charge is 0.490 e. The van der Waals surface area contributed by atoms with Gasteiger partial charge < -0.3 is 25.6 Å². The van der Waals surface area contributed by atoms with Crippen LogP contribution in [0.4, 0.5) is 18.9 Å². The van der Waals surface area contributed by atoms with Gasteiger partial charge in [0, 0.05) is 23.6 Å². The fourth-order valence-electron chi connectivity index (χ4n) is 3.48. The van der Waals surface area contributed by atoms with Gasteiger partial charge in [-0.25, -0.2) is 4.79 Å². The number of anilines is 1. The molecule has 0 bridgehead atoms. The highest BCUT2D eigenvalue weighted by Gasteiger charge is 2.38. The highest BCUT2D eigenvalue weighted by molar-refractivity contribution is 5.98. The van der Waals surface area contributed by atoms with Gasteiger partial charge in [-0.15, -0.1) is 0 Å². The summed E-state index contributed by atoms with van der Waals surface area (Å²) in [6.07, 6.45) is -2.52. The summed E-state index contributed by atoms with van der Waals surface area (Å²) in [6.45, 7) is 6.03. The van der Waals surface area contributed by atoms with E-state index in [0.717, 1.165) is 0 Å². The van der Waals surface area contributed by atoms with E-state index >= 15 is 0 Å². The van der Waals surface area contributed by atoms with Crippen LogP contribution in [-0.4, -0.2) is 52.6 Å². The Morgan fingerprint density at radius 1 is 1.09 bits per heavy atom. The van der Waals surface area contributed by atoms with Crippen molar-refractivity contribution >= 4 is 29.3 Å². The number of alkyl halides is 3. The molecule has 0 aliphatic heterocycles. The molecule has 2 aromatic carbocycles. The van der Waals surface area contributed by atoms with Crippen molar-refractivity contribution in [2.75, 3.05) is 11.9 Å². The fraction of sp³-hybridized carbons (Fsp3) is 0.241. The molecule has 0 saturated heterocycles. The molecule has 1 unspecified atom stereocenters. The lowest BCUT2D eigenvalue weighted by Crippen LogP contribution is -2.45. The van der Waals surface area contributed by atoms with E-state index in [0.29, 0.717) is 34.9 Å². The Kier molecular flexibility index (Phi) is 12.7. The summed E-state index contributed by atoms with van der Waals surface area (Å²) in [7, 11) is 0. The molecule has 16 heteroatoms. The minimum atomic E-state index is -5.08. The van der Waals surface area contributed by atoms with Crippen LogP contribution in [0.2, 0.25) is 0 Å². The number of rotatable bonds is 10. The minimum absolute atomic E-state index is 0.0703. The van der Waals surface area contributed by atoms with E-state index in [1.165, 1.54) is 18.5 Å². The van der Waals surface area contributed by atoms with E-state index in [9.17, 15) is 28.0 Å². The van der Waals surface area contributed by atoms with Gasteiger partial charge in [-0.1, -0.05) is 6.07 Å². The second-order valence-corrected chi connectivity index (χ2v) is 9.15. The average Bonchev–Trinajstić information content (AvgIpc) is 2.99. The molecule has 0 fully saturated rings. The zero-order valence-electron chi connectivity index (χ0n) is 24.2. The fourth-order valence-corrected chi connectivity index (χ4v) is 3.48. The number of halogens is 3. The number of pyridine rings is 1. The molecule has 1 aromatic heterocycles. The number of aliphatic carboxylic acids is 1. The second-order valence-electron chi connectivity index (χ2n) is 9.15. The largest absolute Gasteiger partial charge is 0.490 e. The van der Waals surface area contributed by atoms with Crippen molar-refractivity contribution in [2.24, 2.45) is 5.73 Å². The molecule has 7 N–H and O–H groups in total. The number of nitrogens with zero attached hydrogens (tertiary/aromatic N) is 2. The second kappa shape index (κ2) is 16.1. The number of carbonyl (C=O) groups is 3.